The van der Waals surface area contributed by atoms with E-state index in [9.17, 15) is 20.0 Å². The molecule has 0 radical (unpaired) electrons. The van der Waals surface area contributed by atoms with Crippen molar-refractivity contribution in [2.45, 2.75) is 0 Å². The summed E-state index contributed by atoms with van der Waals surface area (Å²) in [5, 5.41) is 23.5. The molecule has 17 heavy (non-hydrogen) atoms. The number of phenols is 1. The van der Waals surface area contributed by atoms with Crippen LogP contribution >= 0.6 is 15.9 Å². The van der Waals surface area contributed by atoms with E-state index in [1.807, 2.05) is 5.43 Å². The predicted octanol–water partition coefficient (Wildman–Crippen LogP) is 1.07. The third-order valence-corrected chi connectivity index (χ3v) is 2.27. The summed E-state index contributed by atoms with van der Waals surface area (Å²) in [5.41, 5.74) is 6.50. The smallest absolute Gasteiger partial charge is 0.332 e. The molecule has 0 fully saturated rings. The predicted molar refractivity (Wildman–Crippen MR) is 62.8 cm³/mol. The van der Waals surface area contributed by atoms with E-state index in [-0.39, 0.29) is 21.5 Å². The number of carbonyl (C=O) groups is 1. The molecule has 9 heteroatoms. The van der Waals surface area contributed by atoms with Crippen LogP contribution in [0, 0.1) is 10.1 Å². The minimum Gasteiger partial charge on any atom is -0.506 e. The number of nitro groups is 1. The molecule has 0 saturated heterocycles. The Morgan fingerprint density at radius 1 is 1.65 bits per heavy atom. The Hall–Kier alpha value is -2.16. The molecule has 0 aliphatic rings. The van der Waals surface area contributed by atoms with Gasteiger partial charge in [-0.1, -0.05) is 0 Å². The number of phenolic OH excluding ortho intramolecular Hbond substituents is 1. The van der Waals surface area contributed by atoms with Crippen LogP contribution in [-0.2, 0) is 0 Å². The number of benzene rings is 1. The second-order valence-electron chi connectivity index (χ2n) is 2.86. The molecule has 0 aromatic heterocycles. The fraction of sp³-hybridized carbons (Fsp3) is 0. The molecule has 0 spiro atoms. The lowest BCUT2D eigenvalue weighted by Crippen LogP contribution is -2.24. The molecule has 0 bridgehead atoms. The zero-order valence-electron chi connectivity index (χ0n) is 8.25. The first-order valence-corrected chi connectivity index (χ1v) is 4.96. The first-order chi connectivity index (χ1) is 7.91. The van der Waals surface area contributed by atoms with Gasteiger partial charge in [0.2, 0.25) is 0 Å². The van der Waals surface area contributed by atoms with Crippen LogP contribution < -0.4 is 11.2 Å². The van der Waals surface area contributed by atoms with Gasteiger partial charge in [-0.15, -0.1) is 0 Å². The van der Waals surface area contributed by atoms with E-state index in [2.05, 4.69) is 21.0 Å². The number of hydrogen-bond donors (Lipinski definition) is 3. The number of primary amides is 1. The van der Waals surface area contributed by atoms with Gasteiger partial charge >= 0.3 is 6.03 Å². The number of rotatable bonds is 3. The van der Waals surface area contributed by atoms with Gasteiger partial charge in [0.05, 0.1) is 15.6 Å². The number of halogens is 1. The summed E-state index contributed by atoms with van der Waals surface area (Å²) < 4.78 is 0.146. The van der Waals surface area contributed by atoms with Crippen molar-refractivity contribution >= 4 is 33.9 Å². The maximum atomic E-state index is 10.6. The summed E-state index contributed by atoms with van der Waals surface area (Å²) in [7, 11) is 0. The molecule has 1 aromatic rings. The van der Waals surface area contributed by atoms with Gasteiger partial charge in [-0.2, -0.15) is 5.10 Å². The normalized spacial score (nSPS) is 10.4. The van der Waals surface area contributed by atoms with Crippen LogP contribution in [0.25, 0.3) is 0 Å². The number of non-ortho nitro benzene ring substituents is 1. The summed E-state index contributed by atoms with van der Waals surface area (Å²) in [6.07, 6.45) is 1.04. The lowest BCUT2D eigenvalue weighted by molar-refractivity contribution is -0.385. The Balaban J connectivity index is 3.09. The molecule has 4 N–H and O–H groups in total. The summed E-state index contributed by atoms with van der Waals surface area (Å²) >= 11 is 2.96. The zero-order valence-corrected chi connectivity index (χ0v) is 9.84. The second kappa shape index (κ2) is 5.25. The van der Waals surface area contributed by atoms with Crippen LogP contribution in [0.2, 0.25) is 0 Å². The molecule has 2 amide bonds. The number of nitrogens with one attached hydrogen (secondary N) is 1. The highest BCUT2D eigenvalue weighted by Gasteiger charge is 2.13. The van der Waals surface area contributed by atoms with Crippen molar-refractivity contribution in [2.75, 3.05) is 0 Å². The van der Waals surface area contributed by atoms with Crippen molar-refractivity contribution < 1.29 is 14.8 Å². The van der Waals surface area contributed by atoms with Crippen molar-refractivity contribution in [3.05, 3.63) is 32.3 Å². The van der Waals surface area contributed by atoms with E-state index in [1.165, 1.54) is 0 Å². The van der Waals surface area contributed by atoms with E-state index < -0.39 is 11.0 Å². The van der Waals surface area contributed by atoms with Crippen LogP contribution in [0.4, 0.5) is 10.5 Å². The number of urea groups is 1. The number of amides is 2. The van der Waals surface area contributed by atoms with Gasteiger partial charge in [0.25, 0.3) is 5.69 Å². The van der Waals surface area contributed by atoms with Crippen LogP contribution in [0.15, 0.2) is 21.7 Å². The lowest BCUT2D eigenvalue weighted by atomic mass is 10.2. The highest BCUT2D eigenvalue weighted by Crippen LogP contribution is 2.31. The molecule has 8 nitrogen and oxygen atoms in total. The molecule has 0 aliphatic carbocycles. The first-order valence-electron chi connectivity index (χ1n) is 4.17. The number of nitro benzene ring substituents is 1. The monoisotopic (exact) mass is 302 g/mol. The van der Waals surface area contributed by atoms with E-state index in [0.29, 0.717) is 0 Å². The number of nitrogens with two attached hydrogens (primary N) is 1. The van der Waals surface area contributed by atoms with Crippen LogP contribution in [0.3, 0.4) is 0 Å². The molecule has 1 aromatic carbocycles. The van der Waals surface area contributed by atoms with Crippen molar-refractivity contribution in [2.24, 2.45) is 10.8 Å². The molecule has 90 valence electrons. The van der Waals surface area contributed by atoms with Crippen LogP contribution in [-0.4, -0.2) is 22.3 Å². The Morgan fingerprint density at radius 3 is 2.82 bits per heavy atom. The number of hydrogen-bond acceptors (Lipinski definition) is 5. The summed E-state index contributed by atoms with van der Waals surface area (Å²) in [6, 6.07) is 1.37. The molecule has 0 unspecified atom stereocenters. The number of carbonyl (C=O) groups excluding carboxylic acids is 1. The molecule has 0 atom stereocenters. The maximum absolute atomic E-state index is 10.6. The largest absolute Gasteiger partial charge is 0.506 e. The van der Waals surface area contributed by atoms with Crippen molar-refractivity contribution in [1.82, 2.24) is 5.43 Å². The van der Waals surface area contributed by atoms with E-state index in [1.54, 1.807) is 0 Å². The molecular weight excluding hydrogens is 296 g/mol. The minimum absolute atomic E-state index is 0.0693. The van der Waals surface area contributed by atoms with Crippen molar-refractivity contribution in [3.63, 3.8) is 0 Å². The van der Waals surface area contributed by atoms with Gasteiger partial charge in [0, 0.05) is 17.7 Å². The van der Waals surface area contributed by atoms with Gasteiger partial charge in [-0.3, -0.25) is 10.1 Å². The highest BCUT2D eigenvalue weighted by atomic mass is 79.9. The zero-order chi connectivity index (χ0) is 13.0. The molecular formula is C8H7BrN4O4. The number of aromatic hydroxyl groups is 1. The maximum Gasteiger partial charge on any atom is 0.332 e. The molecule has 0 saturated carbocycles. The highest BCUT2D eigenvalue weighted by molar-refractivity contribution is 9.10. The quantitative estimate of drug-likeness (QED) is 0.437. The van der Waals surface area contributed by atoms with Crippen LogP contribution in [0.5, 0.6) is 5.75 Å². The van der Waals surface area contributed by atoms with Crippen LogP contribution in [0.1, 0.15) is 5.56 Å². The third-order valence-electron chi connectivity index (χ3n) is 1.67. The number of nitrogens with zero attached hydrogens (tertiary/aromatic N) is 2. The average molecular weight is 303 g/mol. The fourth-order valence-electron chi connectivity index (χ4n) is 0.975. The topological polar surface area (TPSA) is 131 Å². The third kappa shape index (κ3) is 3.41. The second-order valence-corrected chi connectivity index (χ2v) is 3.71. The van der Waals surface area contributed by atoms with Crippen molar-refractivity contribution in [1.29, 1.82) is 0 Å². The van der Waals surface area contributed by atoms with Gasteiger partial charge < -0.3 is 10.8 Å². The van der Waals surface area contributed by atoms with Gasteiger partial charge in [0.15, 0.2) is 0 Å². The lowest BCUT2D eigenvalue weighted by Gasteiger charge is -2.01. The summed E-state index contributed by atoms with van der Waals surface area (Å²) in [6.45, 7) is 0. The Bertz CT molecular complexity index is 503. The molecule has 1 rings (SSSR count). The average Bonchev–Trinajstić information content (AvgIpc) is 2.23. The SMILES string of the molecule is NC(=O)N/N=C/c1cc([N+](=O)[O-])cc(Br)c1O. The van der Waals surface area contributed by atoms with E-state index >= 15 is 0 Å². The summed E-state index contributed by atoms with van der Waals surface area (Å²) in [4.78, 5) is 20.3. The van der Waals surface area contributed by atoms with Gasteiger partial charge in [0.1, 0.15) is 5.75 Å². The first kappa shape index (κ1) is 12.9. The standard InChI is InChI=1S/C8H7BrN4O4/c9-6-2-5(13(16)17)1-4(7(6)14)3-11-12-8(10)15/h1-3,14H,(H3,10,12,15)/b11-3+. The fourth-order valence-corrected chi connectivity index (χ4v) is 1.44. The van der Waals surface area contributed by atoms with Crippen molar-refractivity contribution in [3.8, 4) is 5.75 Å². The molecule has 0 heterocycles. The Kier molecular flexibility index (Phi) is 3.99. The van der Waals surface area contributed by atoms with E-state index in [0.717, 1.165) is 18.3 Å². The van der Waals surface area contributed by atoms with Gasteiger partial charge in [-0.25, -0.2) is 10.2 Å². The Labute approximate surface area is 103 Å². The summed E-state index contributed by atoms with van der Waals surface area (Å²) in [5.74, 6) is -0.231. The Morgan fingerprint density at radius 2 is 2.29 bits per heavy atom. The minimum atomic E-state index is -0.884. The van der Waals surface area contributed by atoms with Gasteiger partial charge in [-0.05, 0) is 15.9 Å². The molecule has 0 aliphatic heterocycles. The number of hydrazone groups is 1. The van der Waals surface area contributed by atoms with E-state index in [4.69, 9.17) is 5.73 Å².